The van der Waals surface area contributed by atoms with Crippen molar-refractivity contribution in [2.24, 2.45) is 0 Å². The van der Waals surface area contributed by atoms with E-state index < -0.39 is 0 Å². The van der Waals surface area contributed by atoms with Gasteiger partial charge in [0.2, 0.25) is 0 Å². The number of hydrogen-bond donors (Lipinski definition) is 2. The lowest BCUT2D eigenvalue weighted by atomic mass is 9.97. The zero-order valence-corrected chi connectivity index (χ0v) is 16.2. The maximum absolute atomic E-state index is 12.3. The minimum absolute atomic E-state index is 0.0822. The van der Waals surface area contributed by atoms with Crippen LogP contribution in [0.2, 0.25) is 0 Å². The van der Waals surface area contributed by atoms with Gasteiger partial charge in [-0.05, 0) is 68.0 Å². The predicted molar refractivity (Wildman–Crippen MR) is 114 cm³/mol. The van der Waals surface area contributed by atoms with Gasteiger partial charge in [0.15, 0.2) is 11.5 Å². The maximum Gasteiger partial charge on any atom is 0.291 e. The summed E-state index contributed by atoms with van der Waals surface area (Å²) in [5, 5.41) is 5.79. The summed E-state index contributed by atoms with van der Waals surface area (Å²) in [6.45, 7) is 0.657. The molecule has 1 heterocycles. The summed E-state index contributed by atoms with van der Waals surface area (Å²) in [5.41, 5.74) is 3.50. The topological polar surface area (TPSA) is 67.4 Å². The molecule has 29 heavy (non-hydrogen) atoms. The first-order valence-corrected chi connectivity index (χ1v) is 10.1. The molecule has 1 aliphatic heterocycles. The number of fused-ring (bicyclic) bond motifs is 1. The standard InChI is InChI=1S/C24H24N2O3/c27-23(25-15-14-17-6-2-1-3-7-17)19-12-10-18(11-13-19)16-22-24(28)26-20-8-4-5-9-21(20)29-22/h4-6,8-13,16H,1-3,7,14-15H2,(H,25,27)(H,26,28)/b22-16-. The SMILES string of the molecule is O=C1Nc2ccccc2O/C1=C\c1ccc(C(=O)NCCC2=CCCCC2)cc1. The minimum atomic E-state index is -0.289. The molecule has 0 radical (unpaired) electrons. The van der Waals surface area contributed by atoms with Crippen molar-refractivity contribution >= 4 is 23.6 Å². The zero-order chi connectivity index (χ0) is 20.1. The van der Waals surface area contributed by atoms with Crippen LogP contribution in [-0.4, -0.2) is 18.4 Å². The van der Waals surface area contributed by atoms with Gasteiger partial charge in [0.05, 0.1) is 5.69 Å². The number of nitrogens with one attached hydrogen (secondary N) is 2. The van der Waals surface area contributed by atoms with E-state index in [4.69, 9.17) is 4.74 Å². The van der Waals surface area contributed by atoms with Crippen LogP contribution in [0.1, 0.15) is 48.0 Å². The molecule has 0 spiro atoms. The fraction of sp³-hybridized carbons (Fsp3) is 0.250. The minimum Gasteiger partial charge on any atom is -0.449 e. The van der Waals surface area contributed by atoms with Gasteiger partial charge in [-0.3, -0.25) is 9.59 Å². The number of anilines is 1. The highest BCUT2D eigenvalue weighted by Gasteiger charge is 2.21. The molecule has 2 N–H and O–H groups in total. The van der Waals surface area contributed by atoms with Crippen LogP contribution in [-0.2, 0) is 4.79 Å². The summed E-state index contributed by atoms with van der Waals surface area (Å²) in [4.78, 5) is 24.6. The van der Waals surface area contributed by atoms with Crippen LogP contribution in [0.5, 0.6) is 5.75 Å². The highest BCUT2D eigenvalue weighted by atomic mass is 16.5. The summed E-state index contributed by atoms with van der Waals surface area (Å²) in [6, 6.07) is 14.4. The molecule has 0 bridgehead atoms. The van der Waals surface area contributed by atoms with Crippen molar-refractivity contribution in [1.29, 1.82) is 0 Å². The van der Waals surface area contributed by atoms with Gasteiger partial charge in [-0.15, -0.1) is 0 Å². The van der Waals surface area contributed by atoms with Gasteiger partial charge >= 0.3 is 0 Å². The molecule has 2 aromatic carbocycles. The van der Waals surface area contributed by atoms with E-state index in [9.17, 15) is 9.59 Å². The van der Waals surface area contributed by atoms with Gasteiger partial charge in [0.1, 0.15) is 0 Å². The number of carbonyl (C=O) groups excluding carboxylic acids is 2. The number of rotatable bonds is 5. The second-order valence-corrected chi connectivity index (χ2v) is 7.30. The third-order valence-corrected chi connectivity index (χ3v) is 5.17. The Morgan fingerprint density at radius 1 is 1.10 bits per heavy atom. The molecule has 0 unspecified atom stereocenters. The van der Waals surface area contributed by atoms with E-state index in [1.54, 1.807) is 30.3 Å². The summed E-state index contributed by atoms with van der Waals surface area (Å²) in [6.07, 6.45) is 9.74. The van der Waals surface area contributed by atoms with E-state index in [1.165, 1.54) is 18.4 Å². The predicted octanol–water partition coefficient (Wildman–Crippen LogP) is 4.68. The van der Waals surface area contributed by atoms with Crippen molar-refractivity contribution in [1.82, 2.24) is 5.32 Å². The second kappa shape index (κ2) is 8.78. The average Bonchev–Trinajstić information content (AvgIpc) is 2.75. The molecule has 148 valence electrons. The monoisotopic (exact) mass is 388 g/mol. The average molecular weight is 388 g/mol. The smallest absolute Gasteiger partial charge is 0.291 e. The van der Waals surface area contributed by atoms with Crippen molar-refractivity contribution in [3.05, 3.63) is 77.1 Å². The lowest BCUT2D eigenvalue weighted by Crippen LogP contribution is -2.25. The molecule has 0 atom stereocenters. The fourth-order valence-corrected chi connectivity index (χ4v) is 3.56. The van der Waals surface area contributed by atoms with Gasteiger partial charge < -0.3 is 15.4 Å². The Morgan fingerprint density at radius 2 is 1.93 bits per heavy atom. The number of carbonyl (C=O) groups is 2. The van der Waals surface area contributed by atoms with Crippen molar-refractivity contribution in [2.75, 3.05) is 11.9 Å². The van der Waals surface area contributed by atoms with Crippen LogP contribution in [0.25, 0.3) is 6.08 Å². The molecular weight excluding hydrogens is 364 g/mol. The van der Waals surface area contributed by atoms with Crippen molar-refractivity contribution in [2.45, 2.75) is 32.1 Å². The first-order valence-electron chi connectivity index (χ1n) is 10.1. The molecular formula is C24H24N2O3. The first-order chi connectivity index (χ1) is 14.2. The van der Waals surface area contributed by atoms with E-state index in [1.807, 2.05) is 24.3 Å². The number of benzene rings is 2. The molecule has 2 aliphatic rings. The van der Waals surface area contributed by atoms with E-state index in [2.05, 4.69) is 16.7 Å². The number of allylic oxidation sites excluding steroid dienone is 1. The summed E-state index contributed by atoms with van der Waals surface area (Å²) < 4.78 is 5.70. The van der Waals surface area contributed by atoms with Crippen LogP contribution in [0, 0.1) is 0 Å². The zero-order valence-electron chi connectivity index (χ0n) is 16.2. The summed E-state index contributed by atoms with van der Waals surface area (Å²) >= 11 is 0. The van der Waals surface area contributed by atoms with Crippen molar-refractivity contribution < 1.29 is 14.3 Å². The highest BCUT2D eigenvalue weighted by Crippen LogP contribution is 2.30. The third kappa shape index (κ3) is 4.74. The van der Waals surface area contributed by atoms with Crippen LogP contribution in [0.15, 0.2) is 65.9 Å². The van der Waals surface area contributed by atoms with Gasteiger partial charge in [-0.2, -0.15) is 0 Å². The molecule has 0 saturated heterocycles. The molecule has 0 aromatic heterocycles. The Balaban J connectivity index is 1.36. The first kappa shape index (κ1) is 19.0. The Kier molecular flexibility index (Phi) is 5.75. The Labute approximate surface area is 170 Å². The largest absolute Gasteiger partial charge is 0.449 e. The summed E-state index contributed by atoms with van der Waals surface area (Å²) in [7, 11) is 0. The van der Waals surface area contributed by atoms with E-state index in [0.717, 1.165) is 24.8 Å². The highest BCUT2D eigenvalue weighted by molar-refractivity contribution is 6.08. The number of ether oxygens (including phenoxy) is 1. The Morgan fingerprint density at radius 3 is 2.72 bits per heavy atom. The van der Waals surface area contributed by atoms with Crippen LogP contribution in [0.3, 0.4) is 0 Å². The maximum atomic E-state index is 12.3. The second-order valence-electron chi connectivity index (χ2n) is 7.30. The normalized spacial score (nSPS) is 17.0. The van der Waals surface area contributed by atoms with Gasteiger partial charge in [-0.25, -0.2) is 0 Å². The lowest BCUT2D eigenvalue weighted by Gasteiger charge is -2.19. The number of amides is 2. The van der Waals surface area contributed by atoms with Crippen molar-refractivity contribution in [3.63, 3.8) is 0 Å². The van der Waals surface area contributed by atoms with E-state index in [-0.39, 0.29) is 17.6 Å². The molecule has 2 aromatic rings. The van der Waals surface area contributed by atoms with Crippen LogP contribution >= 0.6 is 0 Å². The van der Waals surface area contributed by atoms with Crippen LogP contribution in [0.4, 0.5) is 5.69 Å². The summed E-state index contributed by atoms with van der Waals surface area (Å²) in [5.74, 6) is 0.466. The van der Waals surface area contributed by atoms with Gasteiger partial charge in [-0.1, -0.05) is 35.9 Å². The van der Waals surface area contributed by atoms with Crippen LogP contribution < -0.4 is 15.4 Å². The molecule has 2 amide bonds. The molecule has 4 rings (SSSR count). The number of para-hydroxylation sites is 2. The number of hydrogen-bond acceptors (Lipinski definition) is 3. The van der Waals surface area contributed by atoms with Crippen molar-refractivity contribution in [3.8, 4) is 5.75 Å². The molecule has 5 nitrogen and oxygen atoms in total. The lowest BCUT2D eigenvalue weighted by molar-refractivity contribution is -0.115. The quantitative estimate of drug-likeness (QED) is 0.577. The Bertz CT molecular complexity index is 974. The van der Waals surface area contributed by atoms with Gasteiger partial charge in [0.25, 0.3) is 11.8 Å². The third-order valence-electron chi connectivity index (χ3n) is 5.17. The molecule has 5 heteroatoms. The molecule has 0 fully saturated rings. The molecule has 1 aliphatic carbocycles. The van der Waals surface area contributed by atoms with Gasteiger partial charge in [0, 0.05) is 12.1 Å². The fourth-order valence-electron chi connectivity index (χ4n) is 3.56. The molecule has 0 saturated carbocycles. The van der Waals surface area contributed by atoms with E-state index >= 15 is 0 Å². The Hall–Kier alpha value is -3.34. The van der Waals surface area contributed by atoms with E-state index in [0.29, 0.717) is 23.5 Å².